The summed E-state index contributed by atoms with van der Waals surface area (Å²) in [5.74, 6) is 7.90. The monoisotopic (exact) mass is 415 g/mol. The molecular weight excluding hydrogens is 394 g/mol. The summed E-state index contributed by atoms with van der Waals surface area (Å²) in [7, 11) is 0. The largest absolute Gasteiger partial charge is 0.454 e. The first kappa shape index (κ1) is 19.1. The van der Waals surface area contributed by atoms with Crippen LogP contribution in [-0.2, 0) is 4.79 Å². The Kier molecular flexibility index (Phi) is 5.05. The molecule has 1 aliphatic heterocycles. The standard InChI is InChI=1S/C18H21N7O3S/c1-10-6-11(2)25(23-10)17-21-22-18(24(17)19)29-8-16(26)20-12(3)13-4-5-14-15(7-13)28-9-27-14/h4-7,12H,8-9,19H2,1-3H3,(H,20,26). The van der Waals surface area contributed by atoms with Gasteiger partial charge in [0.05, 0.1) is 17.5 Å². The molecule has 1 aromatic carbocycles. The van der Waals surface area contributed by atoms with Crippen LogP contribution < -0.4 is 20.6 Å². The molecule has 3 N–H and O–H groups in total. The van der Waals surface area contributed by atoms with Crippen molar-refractivity contribution in [2.75, 3.05) is 18.4 Å². The molecule has 2 aromatic heterocycles. The predicted molar refractivity (Wildman–Crippen MR) is 107 cm³/mol. The van der Waals surface area contributed by atoms with Gasteiger partial charge in [0.15, 0.2) is 11.5 Å². The van der Waals surface area contributed by atoms with Crippen LogP contribution in [0, 0.1) is 13.8 Å². The van der Waals surface area contributed by atoms with Crippen molar-refractivity contribution in [1.82, 2.24) is 30.0 Å². The Morgan fingerprint density at radius 1 is 1.28 bits per heavy atom. The van der Waals surface area contributed by atoms with Crippen molar-refractivity contribution >= 4 is 17.7 Å². The van der Waals surface area contributed by atoms with Crippen LogP contribution in [0.5, 0.6) is 11.5 Å². The van der Waals surface area contributed by atoms with E-state index in [1.165, 1.54) is 16.4 Å². The van der Waals surface area contributed by atoms with Gasteiger partial charge in [0.25, 0.3) is 5.95 Å². The fourth-order valence-electron chi connectivity index (χ4n) is 3.02. The van der Waals surface area contributed by atoms with Gasteiger partial charge in [0.2, 0.25) is 17.9 Å². The third-order valence-corrected chi connectivity index (χ3v) is 5.40. The molecule has 1 amide bonds. The zero-order chi connectivity index (χ0) is 20.5. The second-order valence-corrected chi connectivity index (χ2v) is 7.62. The average Bonchev–Trinajstić information content (AvgIpc) is 3.38. The van der Waals surface area contributed by atoms with E-state index in [2.05, 4.69) is 20.6 Å². The Hall–Kier alpha value is -3.21. The lowest BCUT2D eigenvalue weighted by Crippen LogP contribution is -2.28. The van der Waals surface area contributed by atoms with Gasteiger partial charge in [0.1, 0.15) is 0 Å². The summed E-state index contributed by atoms with van der Waals surface area (Å²) in [5, 5.41) is 15.9. The van der Waals surface area contributed by atoms with Crippen LogP contribution in [0.3, 0.4) is 0 Å². The molecule has 0 saturated carbocycles. The first-order valence-corrected chi connectivity index (χ1v) is 9.97. The summed E-state index contributed by atoms with van der Waals surface area (Å²) < 4.78 is 13.6. The first-order chi connectivity index (χ1) is 13.9. The fraction of sp³-hybridized carbons (Fsp3) is 0.333. The number of rotatable bonds is 6. The number of fused-ring (bicyclic) bond motifs is 1. The lowest BCUT2D eigenvalue weighted by Gasteiger charge is -2.14. The molecule has 0 saturated heterocycles. The molecule has 1 unspecified atom stereocenters. The number of benzene rings is 1. The van der Waals surface area contributed by atoms with Crippen molar-refractivity contribution in [1.29, 1.82) is 0 Å². The van der Waals surface area contributed by atoms with Crippen LogP contribution in [0.2, 0.25) is 0 Å². The Morgan fingerprint density at radius 3 is 2.83 bits per heavy atom. The normalized spacial score (nSPS) is 13.5. The number of thioether (sulfide) groups is 1. The molecule has 29 heavy (non-hydrogen) atoms. The first-order valence-electron chi connectivity index (χ1n) is 8.98. The highest BCUT2D eigenvalue weighted by atomic mass is 32.2. The maximum absolute atomic E-state index is 12.4. The van der Waals surface area contributed by atoms with Crippen LogP contribution in [0.1, 0.15) is 29.9 Å². The molecule has 0 radical (unpaired) electrons. The number of hydrogen-bond acceptors (Lipinski definition) is 8. The topological polar surface area (TPSA) is 122 Å². The molecular formula is C18H21N7O3S. The van der Waals surface area contributed by atoms with E-state index in [1.807, 2.05) is 45.0 Å². The fourth-order valence-corrected chi connectivity index (χ4v) is 3.69. The van der Waals surface area contributed by atoms with Crippen LogP contribution in [0.4, 0.5) is 0 Å². The van der Waals surface area contributed by atoms with Crippen molar-refractivity contribution in [3.05, 3.63) is 41.2 Å². The van der Waals surface area contributed by atoms with Gasteiger partial charge >= 0.3 is 0 Å². The number of nitrogen functional groups attached to an aromatic ring is 1. The number of aryl methyl sites for hydroxylation is 2. The maximum Gasteiger partial charge on any atom is 0.271 e. The summed E-state index contributed by atoms with van der Waals surface area (Å²) in [6.45, 7) is 5.93. The van der Waals surface area contributed by atoms with Crippen LogP contribution in [0.25, 0.3) is 5.95 Å². The predicted octanol–water partition coefficient (Wildman–Crippen LogP) is 1.49. The third-order valence-electron chi connectivity index (χ3n) is 4.45. The number of aromatic nitrogens is 5. The Bertz CT molecular complexity index is 1060. The molecule has 0 aliphatic carbocycles. The molecule has 0 fully saturated rings. The van der Waals surface area contributed by atoms with Gasteiger partial charge < -0.3 is 20.6 Å². The van der Waals surface area contributed by atoms with Gasteiger partial charge in [-0.15, -0.1) is 10.2 Å². The van der Waals surface area contributed by atoms with Gasteiger partial charge in [0, 0.05) is 5.69 Å². The lowest BCUT2D eigenvalue weighted by atomic mass is 10.1. The molecule has 1 atom stereocenters. The number of carbonyl (C=O) groups excluding carboxylic acids is 1. The molecule has 10 nitrogen and oxygen atoms in total. The molecule has 1 aliphatic rings. The number of carbonyl (C=O) groups is 1. The number of nitrogens with two attached hydrogens (primary N) is 1. The minimum atomic E-state index is -0.182. The van der Waals surface area contributed by atoms with Crippen molar-refractivity contribution in [3.8, 4) is 17.4 Å². The van der Waals surface area contributed by atoms with Gasteiger partial charge in [-0.1, -0.05) is 17.8 Å². The summed E-state index contributed by atoms with van der Waals surface area (Å²) >= 11 is 1.21. The molecule has 3 heterocycles. The number of amides is 1. The van der Waals surface area contributed by atoms with E-state index < -0.39 is 0 Å². The number of nitrogens with zero attached hydrogens (tertiary/aromatic N) is 5. The van der Waals surface area contributed by atoms with Crippen molar-refractivity contribution in [2.45, 2.75) is 32.0 Å². The van der Waals surface area contributed by atoms with E-state index in [1.54, 1.807) is 4.68 Å². The van der Waals surface area contributed by atoms with Crippen molar-refractivity contribution in [3.63, 3.8) is 0 Å². The SMILES string of the molecule is Cc1cc(C)n(-c2nnc(SCC(=O)NC(C)c3ccc4c(c3)OCO4)n2N)n1. The van der Waals surface area contributed by atoms with E-state index in [9.17, 15) is 4.79 Å². The molecule has 4 rings (SSSR count). The summed E-state index contributed by atoms with van der Waals surface area (Å²) in [6.07, 6.45) is 0. The number of nitrogens with one attached hydrogen (secondary N) is 1. The Labute approximate surface area is 171 Å². The van der Waals surface area contributed by atoms with E-state index >= 15 is 0 Å². The Morgan fingerprint density at radius 2 is 2.07 bits per heavy atom. The van der Waals surface area contributed by atoms with Crippen LogP contribution >= 0.6 is 11.8 Å². The van der Waals surface area contributed by atoms with E-state index in [0.717, 1.165) is 17.0 Å². The van der Waals surface area contributed by atoms with Crippen LogP contribution in [0.15, 0.2) is 29.4 Å². The maximum atomic E-state index is 12.4. The van der Waals surface area contributed by atoms with Gasteiger partial charge in [-0.05, 0) is 44.5 Å². The summed E-state index contributed by atoms with van der Waals surface area (Å²) in [4.78, 5) is 12.4. The zero-order valence-electron chi connectivity index (χ0n) is 16.2. The van der Waals surface area contributed by atoms with Crippen molar-refractivity contribution < 1.29 is 14.3 Å². The average molecular weight is 415 g/mol. The van der Waals surface area contributed by atoms with E-state index in [-0.39, 0.29) is 24.5 Å². The molecule has 0 spiro atoms. The van der Waals surface area contributed by atoms with Gasteiger partial charge in [-0.2, -0.15) is 5.10 Å². The summed E-state index contributed by atoms with van der Waals surface area (Å²) in [6, 6.07) is 7.36. The van der Waals surface area contributed by atoms with Gasteiger partial charge in [-0.25, -0.2) is 9.36 Å². The number of ether oxygens (including phenoxy) is 2. The zero-order valence-corrected chi connectivity index (χ0v) is 17.1. The van der Waals surface area contributed by atoms with E-state index in [4.69, 9.17) is 15.3 Å². The second-order valence-electron chi connectivity index (χ2n) is 6.68. The smallest absolute Gasteiger partial charge is 0.271 e. The molecule has 152 valence electrons. The highest BCUT2D eigenvalue weighted by molar-refractivity contribution is 7.99. The summed E-state index contributed by atoms with van der Waals surface area (Å²) in [5.41, 5.74) is 2.69. The highest BCUT2D eigenvalue weighted by Gasteiger charge is 2.19. The lowest BCUT2D eigenvalue weighted by molar-refractivity contribution is -0.119. The molecule has 0 bridgehead atoms. The quantitative estimate of drug-likeness (QED) is 0.459. The van der Waals surface area contributed by atoms with Crippen LogP contribution in [-0.4, -0.2) is 43.1 Å². The molecule has 11 heteroatoms. The Balaban J connectivity index is 1.37. The van der Waals surface area contributed by atoms with Crippen molar-refractivity contribution in [2.24, 2.45) is 0 Å². The third kappa shape index (κ3) is 3.86. The second kappa shape index (κ2) is 7.66. The minimum Gasteiger partial charge on any atom is -0.454 e. The highest BCUT2D eigenvalue weighted by Crippen LogP contribution is 2.34. The number of hydrogen-bond donors (Lipinski definition) is 2. The van der Waals surface area contributed by atoms with Gasteiger partial charge in [-0.3, -0.25) is 4.79 Å². The van der Waals surface area contributed by atoms with E-state index in [0.29, 0.717) is 22.6 Å². The molecule has 3 aromatic rings. The minimum absolute atomic E-state index is 0.143.